The third kappa shape index (κ3) is 3.73. The summed E-state index contributed by atoms with van der Waals surface area (Å²) in [6.45, 7) is 8.84. The van der Waals surface area contributed by atoms with Crippen LogP contribution in [0.15, 0.2) is 83.9 Å². The average Bonchev–Trinajstić information content (AvgIpc) is 3.46. The van der Waals surface area contributed by atoms with Crippen LogP contribution in [0.2, 0.25) is 0 Å². The fraction of sp³-hybridized carbons (Fsp3) is 0.263. The van der Waals surface area contributed by atoms with E-state index >= 15 is 0 Å². The Morgan fingerprint density at radius 1 is 0.526 bits per heavy atom. The molecule has 3 aliphatic rings. The first-order valence-corrected chi connectivity index (χ1v) is 14.2. The lowest BCUT2D eigenvalue weighted by Crippen LogP contribution is -2.34. The summed E-state index contributed by atoms with van der Waals surface area (Å²) in [5, 5.41) is 0. The summed E-state index contributed by atoms with van der Waals surface area (Å²) in [7, 11) is 0. The molecular formula is C38H36. The second-order valence-corrected chi connectivity index (χ2v) is 12.1. The van der Waals surface area contributed by atoms with Crippen LogP contribution in [0, 0.1) is 33.1 Å². The van der Waals surface area contributed by atoms with Crippen molar-refractivity contribution in [3.05, 3.63) is 128 Å². The van der Waals surface area contributed by atoms with Crippen molar-refractivity contribution >= 4 is 12.2 Å². The zero-order valence-electron chi connectivity index (χ0n) is 23.1. The SMILES string of the molecule is Cc1cc(C)cc(-c2cccc3c2C=C(C2(C4=Cc5c(cccc5-c5cc(C)cc(C)c5)C4)CCC2)C3)c1. The highest BCUT2D eigenvalue weighted by atomic mass is 14.5. The fourth-order valence-electron chi connectivity index (χ4n) is 7.49. The van der Waals surface area contributed by atoms with Gasteiger partial charge in [0.1, 0.15) is 0 Å². The van der Waals surface area contributed by atoms with Crippen molar-refractivity contribution in [1.29, 1.82) is 0 Å². The Bertz CT molecular complexity index is 1510. The summed E-state index contributed by atoms with van der Waals surface area (Å²) in [6, 6.07) is 27.8. The summed E-state index contributed by atoms with van der Waals surface area (Å²) < 4.78 is 0. The molecule has 0 aromatic heterocycles. The molecule has 38 heavy (non-hydrogen) atoms. The van der Waals surface area contributed by atoms with Crippen LogP contribution < -0.4 is 0 Å². The summed E-state index contributed by atoms with van der Waals surface area (Å²) >= 11 is 0. The summed E-state index contributed by atoms with van der Waals surface area (Å²) in [4.78, 5) is 0. The van der Waals surface area contributed by atoms with Gasteiger partial charge in [0.05, 0.1) is 0 Å². The third-order valence-electron chi connectivity index (χ3n) is 9.29. The minimum Gasteiger partial charge on any atom is -0.0613 e. The highest BCUT2D eigenvalue weighted by Gasteiger charge is 2.46. The zero-order chi connectivity index (χ0) is 26.0. The normalized spacial score (nSPS) is 16.9. The molecule has 0 heteroatoms. The molecule has 0 nitrogen and oxygen atoms in total. The van der Waals surface area contributed by atoms with Gasteiger partial charge in [0.25, 0.3) is 0 Å². The van der Waals surface area contributed by atoms with Crippen LogP contribution in [0.3, 0.4) is 0 Å². The number of hydrogen-bond acceptors (Lipinski definition) is 0. The lowest BCUT2D eigenvalue weighted by Gasteiger charge is -2.45. The first-order valence-electron chi connectivity index (χ1n) is 14.2. The molecular weight excluding hydrogens is 456 g/mol. The molecule has 0 spiro atoms. The van der Waals surface area contributed by atoms with E-state index in [1.807, 2.05) is 0 Å². The Morgan fingerprint density at radius 3 is 1.32 bits per heavy atom. The van der Waals surface area contributed by atoms with E-state index in [0.717, 1.165) is 12.8 Å². The molecule has 0 saturated heterocycles. The van der Waals surface area contributed by atoms with E-state index in [1.54, 1.807) is 11.1 Å². The van der Waals surface area contributed by atoms with Crippen molar-refractivity contribution in [1.82, 2.24) is 0 Å². The highest BCUT2D eigenvalue weighted by molar-refractivity contribution is 5.85. The van der Waals surface area contributed by atoms with Crippen LogP contribution in [0.25, 0.3) is 34.4 Å². The smallest absolute Gasteiger partial charge is 0.0134 e. The van der Waals surface area contributed by atoms with Crippen LogP contribution >= 0.6 is 0 Å². The molecule has 0 unspecified atom stereocenters. The maximum Gasteiger partial charge on any atom is 0.0134 e. The molecule has 0 aliphatic heterocycles. The van der Waals surface area contributed by atoms with Crippen LogP contribution in [-0.4, -0.2) is 0 Å². The fourth-order valence-corrected chi connectivity index (χ4v) is 7.49. The molecule has 0 N–H and O–H groups in total. The second kappa shape index (κ2) is 8.70. The van der Waals surface area contributed by atoms with E-state index in [1.165, 1.54) is 86.0 Å². The topological polar surface area (TPSA) is 0 Å². The lowest BCUT2D eigenvalue weighted by molar-refractivity contribution is 0.235. The number of rotatable bonds is 4. The van der Waals surface area contributed by atoms with Gasteiger partial charge in [0.2, 0.25) is 0 Å². The van der Waals surface area contributed by atoms with Crippen molar-refractivity contribution in [3.63, 3.8) is 0 Å². The molecule has 188 valence electrons. The first kappa shape index (κ1) is 23.5. The van der Waals surface area contributed by atoms with Gasteiger partial charge < -0.3 is 0 Å². The summed E-state index contributed by atoms with van der Waals surface area (Å²) in [5.74, 6) is 0. The minimum atomic E-state index is 0.220. The predicted molar refractivity (Wildman–Crippen MR) is 162 cm³/mol. The van der Waals surface area contributed by atoms with E-state index in [-0.39, 0.29) is 5.41 Å². The molecule has 7 rings (SSSR count). The van der Waals surface area contributed by atoms with Crippen molar-refractivity contribution in [3.8, 4) is 22.3 Å². The Labute approximate surface area is 227 Å². The zero-order valence-corrected chi connectivity index (χ0v) is 23.1. The van der Waals surface area contributed by atoms with Gasteiger partial charge in [0.15, 0.2) is 0 Å². The van der Waals surface area contributed by atoms with Gasteiger partial charge in [-0.25, -0.2) is 0 Å². The average molecular weight is 493 g/mol. The van der Waals surface area contributed by atoms with E-state index in [0.29, 0.717) is 0 Å². The van der Waals surface area contributed by atoms with Crippen molar-refractivity contribution in [2.45, 2.75) is 59.8 Å². The van der Waals surface area contributed by atoms with Crippen LogP contribution in [0.5, 0.6) is 0 Å². The van der Waals surface area contributed by atoms with Gasteiger partial charge in [-0.15, -0.1) is 0 Å². The predicted octanol–water partition coefficient (Wildman–Crippen LogP) is 10.0. The molecule has 1 saturated carbocycles. The molecule has 3 aliphatic carbocycles. The highest BCUT2D eigenvalue weighted by Crippen LogP contribution is 2.58. The number of aryl methyl sites for hydroxylation is 4. The Hall–Kier alpha value is -3.64. The van der Waals surface area contributed by atoms with E-state index < -0.39 is 0 Å². The quantitative estimate of drug-likeness (QED) is 0.266. The summed E-state index contributed by atoms with van der Waals surface area (Å²) in [5.41, 5.74) is 20.2. The van der Waals surface area contributed by atoms with Gasteiger partial charge in [0, 0.05) is 5.41 Å². The van der Waals surface area contributed by atoms with Crippen LogP contribution in [0.4, 0.5) is 0 Å². The number of hydrogen-bond donors (Lipinski definition) is 0. The number of fused-ring (bicyclic) bond motifs is 2. The Balaban J connectivity index is 1.29. The van der Waals surface area contributed by atoms with Crippen molar-refractivity contribution in [2.24, 2.45) is 5.41 Å². The largest absolute Gasteiger partial charge is 0.0613 e. The van der Waals surface area contributed by atoms with Gasteiger partial charge >= 0.3 is 0 Å². The summed E-state index contributed by atoms with van der Waals surface area (Å²) in [6.07, 6.45) is 11.2. The van der Waals surface area contributed by atoms with Crippen LogP contribution in [0.1, 0.15) is 63.8 Å². The van der Waals surface area contributed by atoms with E-state index in [4.69, 9.17) is 0 Å². The molecule has 1 fully saturated rings. The molecule has 0 bridgehead atoms. The van der Waals surface area contributed by atoms with Gasteiger partial charge in [-0.05, 0) is 97.9 Å². The molecule has 4 aromatic rings. The number of benzene rings is 4. The lowest BCUT2D eigenvalue weighted by atomic mass is 9.59. The molecule has 0 radical (unpaired) electrons. The van der Waals surface area contributed by atoms with Crippen LogP contribution in [-0.2, 0) is 12.8 Å². The second-order valence-electron chi connectivity index (χ2n) is 12.1. The maximum atomic E-state index is 2.58. The Morgan fingerprint density at radius 2 is 0.947 bits per heavy atom. The third-order valence-corrected chi connectivity index (χ3v) is 9.29. The van der Waals surface area contributed by atoms with Crippen molar-refractivity contribution in [2.75, 3.05) is 0 Å². The molecule has 4 aromatic carbocycles. The van der Waals surface area contributed by atoms with Gasteiger partial charge in [-0.3, -0.25) is 0 Å². The standard InChI is InChI=1S/C38H36/c1-24-14-25(2)17-30(16-24)34-10-5-8-28-20-32(22-36(28)34)38(12-7-13-38)33-21-29-9-6-11-35(37(29)23-33)31-18-26(3)15-27(4)19-31/h5-6,8-11,14-19,22-23H,7,12-13,20-21H2,1-4H3. The maximum absolute atomic E-state index is 2.58. The molecule has 0 amide bonds. The number of allylic oxidation sites excluding steroid dienone is 2. The monoisotopic (exact) mass is 492 g/mol. The molecule has 0 heterocycles. The van der Waals surface area contributed by atoms with Crippen molar-refractivity contribution < 1.29 is 0 Å². The minimum absolute atomic E-state index is 0.220. The van der Waals surface area contributed by atoms with Gasteiger partial charge in [-0.1, -0.05) is 125 Å². The molecule has 0 atom stereocenters. The first-order chi connectivity index (χ1) is 18.4. The van der Waals surface area contributed by atoms with Gasteiger partial charge in [-0.2, -0.15) is 0 Å². The Kier molecular flexibility index (Phi) is 5.38. The van der Waals surface area contributed by atoms with E-state index in [2.05, 4.69) is 113 Å². The van der Waals surface area contributed by atoms with E-state index in [9.17, 15) is 0 Å².